The Morgan fingerprint density at radius 3 is 3.00 bits per heavy atom. The molecule has 0 N–H and O–H groups in total. The molecule has 0 amide bonds. The molecule has 0 atom stereocenters. The van der Waals surface area contributed by atoms with E-state index in [0.29, 0.717) is 11.1 Å². The topological polar surface area (TPSA) is 43.3 Å². The summed E-state index contributed by atoms with van der Waals surface area (Å²) >= 11 is 6.24. The zero-order valence-electron chi connectivity index (χ0n) is 9.51. The second-order valence-corrected chi connectivity index (χ2v) is 4.94. The van der Waals surface area contributed by atoms with Crippen molar-refractivity contribution in [3.63, 3.8) is 0 Å². The van der Waals surface area contributed by atoms with Crippen molar-refractivity contribution >= 4 is 17.2 Å². The van der Waals surface area contributed by atoms with E-state index >= 15 is 0 Å². The van der Waals surface area contributed by atoms with Crippen LogP contribution in [0.1, 0.15) is 24.3 Å². The van der Waals surface area contributed by atoms with Crippen molar-refractivity contribution in [3.8, 4) is 11.5 Å². The fraction of sp³-hybridized carbons (Fsp3) is 0.231. The van der Waals surface area contributed by atoms with E-state index in [1.807, 2.05) is 18.3 Å². The van der Waals surface area contributed by atoms with Crippen molar-refractivity contribution in [3.05, 3.63) is 41.4 Å². The minimum atomic E-state index is 0.554. The van der Waals surface area contributed by atoms with Crippen LogP contribution < -0.4 is 0 Å². The van der Waals surface area contributed by atoms with Gasteiger partial charge in [-0.25, -0.2) is 9.50 Å². The monoisotopic (exact) mass is 259 g/mol. The molecule has 1 aliphatic rings. The zero-order valence-corrected chi connectivity index (χ0v) is 10.3. The number of hydrogen-bond acceptors (Lipinski definition) is 3. The third-order valence-corrected chi connectivity index (χ3v) is 3.52. The summed E-state index contributed by atoms with van der Waals surface area (Å²) in [7, 11) is 0. The molecular formula is C13H10ClN3O. The van der Waals surface area contributed by atoms with E-state index in [4.69, 9.17) is 16.0 Å². The van der Waals surface area contributed by atoms with Gasteiger partial charge in [0.25, 0.3) is 0 Å². The fourth-order valence-corrected chi connectivity index (χ4v) is 2.40. The Balaban J connectivity index is 1.98. The Morgan fingerprint density at radius 1 is 1.39 bits per heavy atom. The third kappa shape index (κ3) is 1.46. The lowest BCUT2D eigenvalue weighted by atomic mass is 10.2. The molecule has 4 nitrogen and oxygen atoms in total. The number of rotatable bonds is 2. The predicted octanol–water partition coefficient (Wildman–Crippen LogP) is 3.52. The van der Waals surface area contributed by atoms with E-state index in [-0.39, 0.29) is 0 Å². The minimum Gasteiger partial charge on any atom is -0.463 e. The normalized spacial score (nSPS) is 15.4. The van der Waals surface area contributed by atoms with Gasteiger partial charge in [-0.2, -0.15) is 5.10 Å². The molecule has 0 aliphatic heterocycles. The van der Waals surface area contributed by atoms with Gasteiger partial charge in [0.05, 0.1) is 12.5 Å². The zero-order chi connectivity index (χ0) is 12.1. The lowest BCUT2D eigenvalue weighted by molar-refractivity contribution is 0.580. The number of furan rings is 1. The molecule has 1 fully saturated rings. The summed E-state index contributed by atoms with van der Waals surface area (Å²) in [6.07, 6.45) is 5.93. The van der Waals surface area contributed by atoms with E-state index in [1.165, 1.54) is 18.4 Å². The van der Waals surface area contributed by atoms with Crippen LogP contribution in [0.3, 0.4) is 0 Å². The highest BCUT2D eigenvalue weighted by Gasteiger charge is 2.28. The van der Waals surface area contributed by atoms with Gasteiger partial charge in [0.2, 0.25) is 0 Å². The molecule has 3 aromatic rings. The van der Waals surface area contributed by atoms with Crippen molar-refractivity contribution < 1.29 is 4.42 Å². The van der Waals surface area contributed by atoms with Crippen molar-refractivity contribution in [1.29, 1.82) is 0 Å². The maximum Gasteiger partial charge on any atom is 0.160 e. The average Bonchev–Trinajstić information content (AvgIpc) is 2.93. The standard InChI is InChI=1S/C13H10ClN3O/c14-12-6-10(11-2-1-5-18-11)16-13-9(8-3-4-8)7-15-17(12)13/h1-2,5-8H,3-4H2. The van der Waals surface area contributed by atoms with Crippen LogP contribution in [-0.4, -0.2) is 14.6 Å². The number of aromatic nitrogens is 3. The first-order chi connectivity index (χ1) is 8.83. The maximum absolute atomic E-state index is 6.24. The smallest absolute Gasteiger partial charge is 0.160 e. The molecule has 3 aromatic heterocycles. The van der Waals surface area contributed by atoms with Crippen LogP contribution in [0, 0.1) is 0 Å². The second-order valence-electron chi connectivity index (χ2n) is 4.55. The van der Waals surface area contributed by atoms with Gasteiger partial charge in [-0.15, -0.1) is 0 Å². The van der Waals surface area contributed by atoms with Crippen LogP contribution in [0.4, 0.5) is 0 Å². The van der Waals surface area contributed by atoms with E-state index < -0.39 is 0 Å². The highest BCUT2D eigenvalue weighted by atomic mass is 35.5. The SMILES string of the molecule is Clc1cc(-c2ccco2)nc2c(C3CC3)cnn12. The van der Waals surface area contributed by atoms with Gasteiger partial charge < -0.3 is 4.42 Å². The molecular weight excluding hydrogens is 250 g/mol. The summed E-state index contributed by atoms with van der Waals surface area (Å²) in [4.78, 5) is 4.62. The molecule has 4 rings (SSSR count). The van der Waals surface area contributed by atoms with E-state index in [0.717, 1.165) is 17.1 Å². The molecule has 1 saturated carbocycles. The molecule has 0 spiro atoms. The molecule has 0 saturated heterocycles. The highest BCUT2D eigenvalue weighted by Crippen LogP contribution is 2.42. The second kappa shape index (κ2) is 3.59. The Hall–Kier alpha value is -1.81. The van der Waals surface area contributed by atoms with Crippen molar-refractivity contribution in [1.82, 2.24) is 14.6 Å². The van der Waals surface area contributed by atoms with Gasteiger partial charge in [-0.05, 0) is 30.9 Å². The summed E-state index contributed by atoms with van der Waals surface area (Å²) in [5, 5.41) is 4.85. The van der Waals surface area contributed by atoms with Crippen LogP contribution >= 0.6 is 11.6 Å². The van der Waals surface area contributed by atoms with Gasteiger partial charge in [-0.1, -0.05) is 11.6 Å². The molecule has 90 valence electrons. The van der Waals surface area contributed by atoms with Crippen molar-refractivity contribution in [2.24, 2.45) is 0 Å². The van der Waals surface area contributed by atoms with E-state index in [9.17, 15) is 0 Å². The van der Waals surface area contributed by atoms with Crippen molar-refractivity contribution in [2.45, 2.75) is 18.8 Å². The number of nitrogens with zero attached hydrogens (tertiary/aromatic N) is 3. The average molecular weight is 260 g/mol. The maximum atomic E-state index is 6.24. The molecule has 0 unspecified atom stereocenters. The molecule has 0 aromatic carbocycles. The Kier molecular flexibility index (Phi) is 2.02. The number of hydrogen-bond donors (Lipinski definition) is 0. The summed E-state index contributed by atoms with van der Waals surface area (Å²) in [5.41, 5.74) is 2.78. The van der Waals surface area contributed by atoms with Crippen LogP contribution in [-0.2, 0) is 0 Å². The van der Waals surface area contributed by atoms with Crippen LogP contribution in [0.25, 0.3) is 17.1 Å². The number of fused-ring (bicyclic) bond motifs is 1. The van der Waals surface area contributed by atoms with E-state index in [2.05, 4.69) is 10.1 Å². The summed E-state index contributed by atoms with van der Waals surface area (Å²) in [6, 6.07) is 5.49. The third-order valence-electron chi connectivity index (χ3n) is 3.25. The van der Waals surface area contributed by atoms with Gasteiger partial charge in [0.15, 0.2) is 11.4 Å². The van der Waals surface area contributed by atoms with Crippen molar-refractivity contribution in [2.75, 3.05) is 0 Å². The lowest BCUT2D eigenvalue weighted by Gasteiger charge is -2.02. The van der Waals surface area contributed by atoms with Crippen LogP contribution in [0.2, 0.25) is 5.15 Å². The minimum absolute atomic E-state index is 0.554. The van der Waals surface area contributed by atoms with Gasteiger partial charge in [0.1, 0.15) is 10.8 Å². The first-order valence-corrected chi connectivity index (χ1v) is 6.29. The Morgan fingerprint density at radius 2 is 2.28 bits per heavy atom. The summed E-state index contributed by atoms with van der Waals surface area (Å²) in [5.74, 6) is 1.32. The Bertz CT molecular complexity index is 713. The van der Waals surface area contributed by atoms with E-state index in [1.54, 1.807) is 16.8 Å². The van der Waals surface area contributed by atoms with Crippen LogP contribution in [0.5, 0.6) is 0 Å². The predicted molar refractivity (Wildman–Crippen MR) is 67.7 cm³/mol. The molecule has 18 heavy (non-hydrogen) atoms. The molecule has 0 radical (unpaired) electrons. The fourth-order valence-electron chi connectivity index (χ4n) is 2.18. The van der Waals surface area contributed by atoms with Gasteiger partial charge in [-0.3, -0.25) is 0 Å². The van der Waals surface area contributed by atoms with Gasteiger partial charge >= 0.3 is 0 Å². The van der Waals surface area contributed by atoms with Crippen LogP contribution in [0.15, 0.2) is 35.1 Å². The first-order valence-electron chi connectivity index (χ1n) is 5.91. The molecule has 5 heteroatoms. The Labute approximate surface area is 108 Å². The number of halogens is 1. The highest BCUT2D eigenvalue weighted by molar-refractivity contribution is 6.30. The largest absolute Gasteiger partial charge is 0.463 e. The lowest BCUT2D eigenvalue weighted by Crippen LogP contribution is -1.95. The first kappa shape index (κ1) is 10.1. The molecule has 1 aliphatic carbocycles. The summed E-state index contributed by atoms with van der Waals surface area (Å²) < 4.78 is 7.05. The quantitative estimate of drug-likeness (QED) is 0.662. The van der Waals surface area contributed by atoms with Gasteiger partial charge in [0, 0.05) is 11.6 Å². The molecule has 0 bridgehead atoms. The summed E-state index contributed by atoms with van der Waals surface area (Å²) in [6.45, 7) is 0. The molecule has 3 heterocycles.